The summed E-state index contributed by atoms with van der Waals surface area (Å²) in [6, 6.07) is 12.6. The molecule has 0 spiro atoms. The summed E-state index contributed by atoms with van der Waals surface area (Å²) in [6.07, 6.45) is 0. The number of hydrogen-bond donors (Lipinski definition) is 2. The van der Waals surface area contributed by atoms with Crippen molar-refractivity contribution in [1.82, 2.24) is 5.32 Å². The van der Waals surface area contributed by atoms with Crippen molar-refractivity contribution < 1.29 is 23.1 Å². The molecule has 0 atom stereocenters. The second-order valence-electron chi connectivity index (χ2n) is 5.09. The maximum Gasteiger partial charge on any atom is 0.288 e. The topological polar surface area (TPSA) is 67.4 Å². The lowest BCUT2D eigenvalue weighted by molar-refractivity contribution is -0.115. The third-order valence-corrected chi connectivity index (χ3v) is 3.92. The standard InChI is InChI=1S/C18H18F2N2O3S/c1-2-25-14-7-5-13(6-8-14)22-16(23)11-21-17(24)12-3-9-15(10-4-12)26-18(19)20/h3-10,18H,2,11H2,1H3,(H,21,24)(H,22,23). The molecule has 0 aliphatic carbocycles. The molecule has 26 heavy (non-hydrogen) atoms. The summed E-state index contributed by atoms with van der Waals surface area (Å²) >= 11 is 0.404. The van der Waals surface area contributed by atoms with Gasteiger partial charge in [-0.2, -0.15) is 8.78 Å². The molecule has 5 nitrogen and oxygen atoms in total. The minimum Gasteiger partial charge on any atom is -0.494 e. The average molecular weight is 380 g/mol. The van der Waals surface area contributed by atoms with Crippen LogP contribution in [-0.4, -0.2) is 30.7 Å². The van der Waals surface area contributed by atoms with Crippen LogP contribution in [0.25, 0.3) is 0 Å². The molecule has 0 saturated carbocycles. The second kappa shape index (κ2) is 9.76. The number of rotatable bonds is 8. The zero-order valence-corrected chi connectivity index (χ0v) is 14.8. The molecule has 0 aliphatic heterocycles. The number of alkyl halides is 2. The zero-order valence-electron chi connectivity index (χ0n) is 14.0. The van der Waals surface area contributed by atoms with Crippen LogP contribution in [0.5, 0.6) is 5.75 Å². The molecule has 2 amide bonds. The van der Waals surface area contributed by atoms with Gasteiger partial charge in [0.05, 0.1) is 13.2 Å². The smallest absolute Gasteiger partial charge is 0.288 e. The highest BCUT2D eigenvalue weighted by Gasteiger charge is 2.10. The Bertz CT molecular complexity index is 737. The lowest BCUT2D eigenvalue weighted by Crippen LogP contribution is -2.32. The summed E-state index contributed by atoms with van der Waals surface area (Å²) in [5, 5.41) is 5.13. The van der Waals surface area contributed by atoms with Gasteiger partial charge in [-0.15, -0.1) is 0 Å². The molecule has 2 rings (SSSR count). The van der Waals surface area contributed by atoms with Gasteiger partial charge in [-0.1, -0.05) is 11.8 Å². The molecule has 0 radical (unpaired) electrons. The van der Waals surface area contributed by atoms with Crippen LogP contribution in [0.3, 0.4) is 0 Å². The van der Waals surface area contributed by atoms with E-state index < -0.39 is 11.7 Å². The molecular formula is C18H18F2N2O3S. The maximum atomic E-state index is 12.3. The number of anilines is 1. The molecule has 0 heterocycles. The predicted octanol–water partition coefficient (Wildman–Crippen LogP) is 3.77. The summed E-state index contributed by atoms with van der Waals surface area (Å²) in [5.74, 6) is -2.65. The van der Waals surface area contributed by atoms with Crippen LogP contribution in [0.1, 0.15) is 17.3 Å². The van der Waals surface area contributed by atoms with Gasteiger partial charge >= 0.3 is 0 Å². The van der Waals surface area contributed by atoms with Gasteiger partial charge in [0, 0.05) is 16.1 Å². The predicted molar refractivity (Wildman–Crippen MR) is 96.9 cm³/mol. The fraction of sp³-hybridized carbons (Fsp3) is 0.222. The van der Waals surface area contributed by atoms with Crippen molar-refractivity contribution >= 4 is 29.3 Å². The van der Waals surface area contributed by atoms with Crippen LogP contribution in [0.15, 0.2) is 53.4 Å². The Balaban J connectivity index is 1.81. The highest BCUT2D eigenvalue weighted by molar-refractivity contribution is 7.99. The summed E-state index contributed by atoms with van der Waals surface area (Å²) in [7, 11) is 0. The number of halogens is 2. The van der Waals surface area contributed by atoms with Gasteiger partial charge in [-0.25, -0.2) is 0 Å². The highest BCUT2D eigenvalue weighted by Crippen LogP contribution is 2.25. The third kappa shape index (κ3) is 6.36. The van der Waals surface area contributed by atoms with Gasteiger partial charge in [0.15, 0.2) is 0 Å². The quantitative estimate of drug-likeness (QED) is 0.684. The lowest BCUT2D eigenvalue weighted by Gasteiger charge is -2.08. The molecule has 0 bridgehead atoms. The monoisotopic (exact) mass is 380 g/mol. The molecule has 2 aromatic rings. The normalized spacial score (nSPS) is 10.5. The molecule has 8 heteroatoms. The van der Waals surface area contributed by atoms with Crippen molar-refractivity contribution in [3.05, 3.63) is 54.1 Å². The van der Waals surface area contributed by atoms with E-state index in [4.69, 9.17) is 4.74 Å². The van der Waals surface area contributed by atoms with E-state index in [1.807, 2.05) is 6.92 Å². The number of carbonyl (C=O) groups is 2. The molecule has 0 aromatic heterocycles. The lowest BCUT2D eigenvalue weighted by atomic mass is 10.2. The first-order valence-electron chi connectivity index (χ1n) is 7.83. The van der Waals surface area contributed by atoms with Crippen molar-refractivity contribution in [2.45, 2.75) is 17.6 Å². The number of benzene rings is 2. The Labute approximate surface area is 154 Å². The molecule has 2 N–H and O–H groups in total. The first-order chi connectivity index (χ1) is 12.5. The Hall–Kier alpha value is -2.61. The molecule has 0 aliphatic rings. The molecule has 0 fully saturated rings. The summed E-state index contributed by atoms with van der Waals surface area (Å²) < 4.78 is 29.8. The first kappa shape index (κ1) is 19.7. The number of ether oxygens (including phenoxy) is 1. The maximum absolute atomic E-state index is 12.3. The Morgan fingerprint density at radius 2 is 1.73 bits per heavy atom. The van der Waals surface area contributed by atoms with E-state index in [1.165, 1.54) is 24.3 Å². The van der Waals surface area contributed by atoms with Gasteiger partial charge in [-0.05, 0) is 55.5 Å². The van der Waals surface area contributed by atoms with Crippen molar-refractivity contribution in [2.24, 2.45) is 0 Å². The SMILES string of the molecule is CCOc1ccc(NC(=O)CNC(=O)c2ccc(SC(F)F)cc2)cc1. The minimum absolute atomic E-state index is 0.209. The van der Waals surface area contributed by atoms with E-state index >= 15 is 0 Å². The molecule has 2 aromatic carbocycles. The highest BCUT2D eigenvalue weighted by atomic mass is 32.2. The number of nitrogens with one attached hydrogen (secondary N) is 2. The van der Waals surface area contributed by atoms with E-state index in [2.05, 4.69) is 10.6 Å². The Morgan fingerprint density at radius 3 is 2.31 bits per heavy atom. The number of hydrogen-bond acceptors (Lipinski definition) is 4. The van der Waals surface area contributed by atoms with E-state index in [-0.39, 0.29) is 18.0 Å². The van der Waals surface area contributed by atoms with E-state index in [0.29, 0.717) is 34.7 Å². The fourth-order valence-corrected chi connectivity index (χ4v) is 2.56. The van der Waals surface area contributed by atoms with Crippen molar-refractivity contribution in [3.8, 4) is 5.75 Å². The minimum atomic E-state index is -2.51. The summed E-state index contributed by atoms with van der Waals surface area (Å²) in [4.78, 5) is 24.2. The van der Waals surface area contributed by atoms with Crippen LogP contribution in [-0.2, 0) is 4.79 Å². The zero-order chi connectivity index (χ0) is 18.9. The molecular weight excluding hydrogens is 362 g/mol. The Morgan fingerprint density at radius 1 is 1.08 bits per heavy atom. The summed E-state index contributed by atoms with van der Waals surface area (Å²) in [5.41, 5.74) is 0.874. The number of thioether (sulfide) groups is 1. The number of carbonyl (C=O) groups excluding carboxylic acids is 2. The average Bonchev–Trinajstić information content (AvgIpc) is 2.62. The van der Waals surface area contributed by atoms with Crippen molar-refractivity contribution in [1.29, 1.82) is 0 Å². The largest absolute Gasteiger partial charge is 0.494 e. The second-order valence-corrected chi connectivity index (χ2v) is 6.15. The van der Waals surface area contributed by atoms with Gasteiger partial charge in [-0.3, -0.25) is 9.59 Å². The van der Waals surface area contributed by atoms with E-state index in [9.17, 15) is 18.4 Å². The number of amides is 2. The van der Waals surface area contributed by atoms with E-state index in [1.54, 1.807) is 24.3 Å². The van der Waals surface area contributed by atoms with Crippen LogP contribution in [0.2, 0.25) is 0 Å². The summed E-state index contributed by atoms with van der Waals surface area (Å²) in [6.45, 7) is 2.22. The van der Waals surface area contributed by atoms with Crippen molar-refractivity contribution in [2.75, 3.05) is 18.5 Å². The molecule has 0 saturated heterocycles. The van der Waals surface area contributed by atoms with Gasteiger partial charge in [0.25, 0.3) is 11.7 Å². The van der Waals surface area contributed by atoms with Gasteiger partial charge in [0.2, 0.25) is 5.91 Å². The van der Waals surface area contributed by atoms with Gasteiger partial charge < -0.3 is 15.4 Å². The van der Waals surface area contributed by atoms with Crippen LogP contribution in [0, 0.1) is 0 Å². The van der Waals surface area contributed by atoms with Crippen molar-refractivity contribution in [3.63, 3.8) is 0 Å². The molecule has 138 valence electrons. The first-order valence-corrected chi connectivity index (χ1v) is 8.71. The third-order valence-electron chi connectivity index (χ3n) is 3.20. The van der Waals surface area contributed by atoms with E-state index in [0.717, 1.165) is 0 Å². The van der Waals surface area contributed by atoms with Crippen LogP contribution < -0.4 is 15.4 Å². The van der Waals surface area contributed by atoms with Crippen LogP contribution in [0.4, 0.5) is 14.5 Å². The molecule has 0 unspecified atom stereocenters. The van der Waals surface area contributed by atoms with Crippen LogP contribution >= 0.6 is 11.8 Å². The Kier molecular flexibility index (Phi) is 7.40. The fourth-order valence-electron chi connectivity index (χ4n) is 2.06. The van der Waals surface area contributed by atoms with Gasteiger partial charge in [0.1, 0.15) is 5.75 Å².